The Morgan fingerprint density at radius 1 is 1.09 bits per heavy atom. The molecule has 0 amide bonds. The van der Waals surface area contributed by atoms with E-state index in [0.29, 0.717) is 12.0 Å². The van der Waals surface area contributed by atoms with Crippen molar-refractivity contribution in [2.24, 2.45) is 5.92 Å². The highest BCUT2D eigenvalue weighted by Crippen LogP contribution is 2.27. The summed E-state index contributed by atoms with van der Waals surface area (Å²) in [6.45, 7) is 2.96. The molecule has 0 N–H and O–H groups in total. The molecular formula is C21H29NO. The Bertz CT molecular complexity index is 504. The molecule has 2 nitrogen and oxygen atoms in total. The summed E-state index contributed by atoms with van der Waals surface area (Å²) in [5, 5.41) is 8.58. The number of ether oxygens (including phenoxy) is 1. The second-order valence-electron chi connectivity index (χ2n) is 6.61. The van der Waals surface area contributed by atoms with E-state index in [-0.39, 0.29) is 0 Å². The molecule has 0 spiro atoms. The number of rotatable bonds is 8. The van der Waals surface area contributed by atoms with Gasteiger partial charge in [0.15, 0.2) is 0 Å². The fraction of sp³-hybridized carbons (Fsp3) is 0.571. The van der Waals surface area contributed by atoms with Crippen LogP contribution >= 0.6 is 0 Å². The molecule has 0 aromatic heterocycles. The molecule has 0 saturated heterocycles. The van der Waals surface area contributed by atoms with Gasteiger partial charge in [0.2, 0.25) is 0 Å². The van der Waals surface area contributed by atoms with Gasteiger partial charge >= 0.3 is 0 Å². The normalized spacial score (nSPS) is 21.4. The Balaban J connectivity index is 1.68. The first-order valence-electron chi connectivity index (χ1n) is 9.07. The van der Waals surface area contributed by atoms with Crippen molar-refractivity contribution in [2.45, 2.75) is 71.0 Å². The van der Waals surface area contributed by atoms with Crippen LogP contribution in [0, 0.1) is 17.2 Å². The SMILES string of the molecule is CCCCCc1ccc(CO[C@H]2CC[C@H](/C=C/C#N)CC2)cc1. The Morgan fingerprint density at radius 3 is 2.43 bits per heavy atom. The van der Waals surface area contributed by atoms with E-state index in [1.165, 1.54) is 36.8 Å². The van der Waals surface area contributed by atoms with E-state index in [2.05, 4.69) is 37.3 Å². The summed E-state index contributed by atoms with van der Waals surface area (Å²) >= 11 is 0. The van der Waals surface area contributed by atoms with E-state index >= 15 is 0 Å². The Morgan fingerprint density at radius 2 is 1.78 bits per heavy atom. The minimum Gasteiger partial charge on any atom is -0.374 e. The summed E-state index contributed by atoms with van der Waals surface area (Å²) in [5.74, 6) is 0.567. The predicted molar refractivity (Wildman–Crippen MR) is 95.0 cm³/mol. The van der Waals surface area contributed by atoms with Gasteiger partial charge in [-0.15, -0.1) is 0 Å². The van der Waals surface area contributed by atoms with E-state index in [1.54, 1.807) is 6.08 Å². The minimum absolute atomic E-state index is 0.381. The van der Waals surface area contributed by atoms with Gasteiger partial charge in [-0.2, -0.15) is 5.26 Å². The van der Waals surface area contributed by atoms with Gasteiger partial charge in [0.25, 0.3) is 0 Å². The molecule has 0 aliphatic heterocycles. The van der Waals surface area contributed by atoms with E-state index in [9.17, 15) is 0 Å². The van der Waals surface area contributed by atoms with Gasteiger partial charge in [-0.05, 0) is 55.6 Å². The van der Waals surface area contributed by atoms with Crippen molar-refractivity contribution in [1.29, 1.82) is 5.26 Å². The molecule has 0 atom stereocenters. The summed E-state index contributed by atoms with van der Waals surface area (Å²) in [6.07, 6.45) is 13.6. The zero-order valence-electron chi connectivity index (χ0n) is 14.3. The second-order valence-corrected chi connectivity index (χ2v) is 6.61. The largest absolute Gasteiger partial charge is 0.374 e. The maximum Gasteiger partial charge on any atom is 0.0908 e. The highest BCUT2D eigenvalue weighted by molar-refractivity contribution is 5.22. The van der Waals surface area contributed by atoms with E-state index in [1.807, 2.05) is 6.08 Å². The van der Waals surface area contributed by atoms with E-state index < -0.39 is 0 Å². The van der Waals surface area contributed by atoms with Gasteiger partial charge in [-0.25, -0.2) is 0 Å². The molecule has 1 aromatic rings. The van der Waals surface area contributed by atoms with Crippen molar-refractivity contribution >= 4 is 0 Å². The smallest absolute Gasteiger partial charge is 0.0908 e. The van der Waals surface area contributed by atoms with Gasteiger partial charge in [0.05, 0.1) is 18.8 Å². The van der Waals surface area contributed by atoms with Crippen molar-refractivity contribution in [3.8, 4) is 6.07 Å². The monoisotopic (exact) mass is 311 g/mol. The molecule has 0 bridgehead atoms. The summed E-state index contributed by atoms with van der Waals surface area (Å²) < 4.78 is 6.07. The highest BCUT2D eigenvalue weighted by atomic mass is 16.5. The molecule has 2 heteroatoms. The van der Waals surface area contributed by atoms with Gasteiger partial charge in [-0.1, -0.05) is 50.1 Å². The molecule has 1 aliphatic rings. The van der Waals surface area contributed by atoms with Crippen molar-refractivity contribution in [1.82, 2.24) is 0 Å². The lowest BCUT2D eigenvalue weighted by atomic mass is 9.87. The molecule has 124 valence electrons. The number of hydrogen-bond donors (Lipinski definition) is 0. The molecule has 0 radical (unpaired) electrons. The Hall–Kier alpha value is -1.59. The molecule has 2 rings (SSSR count). The van der Waals surface area contributed by atoms with Crippen molar-refractivity contribution in [3.63, 3.8) is 0 Å². The number of aryl methyl sites for hydroxylation is 1. The van der Waals surface area contributed by atoms with Crippen LogP contribution < -0.4 is 0 Å². The summed E-state index contributed by atoms with van der Waals surface area (Å²) in [7, 11) is 0. The predicted octanol–water partition coefficient (Wildman–Crippen LogP) is 5.57. The quantitative estimate of drug-likeness (QED) is 0.464. The molecule has 1 saturated carbocycles. The average Bonchev–Trinajstić information content (AvgIpc) is 2.60. The lowest BCUT2D eigenvalue weighted by molar-refractivity contribution is 0.0110. The van der Waals surface area contributed by atoms with Crippen molar-refractivity contribution in [3.05, 3.63) is 47.5 Å². The van der Waals surface area contributed by atoms with Crippen LogP contribution in [-0.4, -0.2) is 6.10 Å². The van der Waals surface area contributed by atoms with E-state index in [4.69, 9.17) is 10.00 Å². The van der Waals surface area contributed by atoms with E-state index in [0.717, 1.165) is 32.3 Å². The number of allylic oxidation sites excluding steroid dienone is 2. The van der Waals surface area contributed by atoms with Crippen LogP contribution in [0.1, 0.15) is 63.0 Å². The number of benzene rings is 1. The Labute approximate surface area is 141 Å². The van der Waals surface area contributed by atoms with Crippen LogP contribution in [-0.2, 0) is 17.8 Å². The molecule has 1 aromatic carbocycles. The average molecular weight is 311 g/mol. The number of unbranched alkanes of at least 4 members (excludes halogenated alkanes) is 2. The first-order valence-corrected chi connectivity index (χ1v) is 9.07. The van der Waals surface area contributed by atoms with Gasteiger partial charge in [-0.3, -0.25) is 0 Å². The second kappa shape index (κ2) is 10.2. The zero-order valence-corrected chi connectivity index (χ0v) is 14.3. The number of nitrogens with zero attached hydrogens (tertiary/aromatic N) is 1. The fourth-order valence-corrected chi connectivity index (χ4v) is 3.22. The van der Waals surface area contributed by atoms with Crippen molar-refractivity contribution < 1.29 is 4.74 Å². The van der Waals surface area contributed by atoms with Crippen LogP contribution in [0.4, 0.5) is 0 Å². The maximum atomic E-state index is 8.58. The van der Waals surface area contributed by atoms with Crippen molar-refractivity contribution in [2.75, 3.05) is 0 Å². The molecule has 0 heterocycles. The summed E-state index contributed by atoms with van der Waals surface area (Å²) in [6, 6.07) is 11.0. The molecule has 23 heavy (non-hydrogen) atoms. The van der Waals surface area contributed by atoms with Gasteiger partial charge in [0, 0.05) is 6.08 Å². The first-order chi connectivity index (χ1) is 11.3. The van der Waals surface area contributed by atoms with Crippen LogP contribution in [0.2, 0.25) is 0 Å². The van der Waals surface area contributed by atoms with Gasteiger partial charge < -0.3 is 4.74 Å². The lowest BCUT2D eigenvalue weighted by Gasteiger charge is -2.26. The number of nitriles is 1. The van der Waals surface area contributed by atoms with Gasteiger partial charge in [0.1, 0.15) is 0 Å². The highest BCUT2D eigenvalue weighted by Gasteiger charge is 2.19. The van der Waals surface area contributed by atoms with Crippen LogP contribution in [0.5, 0.6) is 0 Å². The topological polar surface area (TPSA) is 33.0 Å². The first kappa shape index (κ1) is 17.8. The minimum atomic E-state index is 0.381. The maximum absolute atomic E-state index is 8.58. The zero-order chi connectivity index (χ0) is 16.3. The molecule has 1 aliphatic carbocycles. The molecular weight excluding hydrogens is 282 g/mol. The van der Waals surface area contributed by atoms with Crippen LogP contribution in [0.3, 0.4) is 0 Å². The molecule has 0 unspecified atom stereocenters. The summed E-state index contributed by atoms with van der Waals surface area (Å²) in [5.41, 5.74) is 2.71. The Kier molecular flexibility index (Phi) is 7.90. The molecule has 1 fully saturated rings. The number of hydrogen-bond acceptors (Lipinski definition) is 2. The summed E-state index contributed by atoms with van der Waals surface area (Å²) in [4.78, 5) is 0. The third-order valence-corrected chi connectivity index (χ3v) is 4.74. The fourth-order valence-electron chi connectivity index (χ4n) is 3.22. The van der Waals surface area contributed by atoms with Crippen LogP contribution in [0.25, 0.3) is 0 Å². The van der Waals surface area contributed by atoms with Crippen LogP contribution in [0.15, 0.2) is 36.4 Å². The third-order valence-electron chi connectivity index (χ3n) is 4.74. The third kappa shape index (κ3) is 6.59. The lowest BCUT2D eigenvalue weighted by Crippen LogP contribution is -2.20. The standard InChI is InChI=1S/C21H29NO/c1-2-3-4-6-18-8-10-20(11-9-18)17-23-21-14-12-19(13-15-21)7-5-16-22/h5,7-11,19,21H,2-4,6,12-15,17H2,1H3/b7-5+/t19-,21-.